The first-order valence-corrected chi connectivity index (χ1v) is 11.2. The molecule has 3 aliphatic rings. The van der Waals surface area contributed by atoms with Gasteiger partial charge >= 0.3 is 0 Å². The molecule has 1 aromatic rings. The van der Waals surface area contributed by atoms with E-state index in [9.17, 15) is 13.2 Å². The van der Waals surface area contributed by atoms with Crippen molar-refractivity contribution in [2.75, 3.05) is 33.3 Å². The second kappa shape index (κ2) is 8.57. The zero-order valence-corrected chi connectivity index (χ0v) is 17.7. The Morgan fingerprint density at radius 2 is 1.86 bits per heavy atom. The molecule has 0 saturated carbocycles. The van der Waals surface area contributed by atoms with Gasteiger partial charge in [-0.15, -0.1) is 12.4 Å². The SMILES string of the molecule is COc1ccc(C(=O)N2C3CCNCC2CC3)cc1S(=O)(=O)N1CCCC1.Cl. The van der Waals surface area contributed by atoms with Crippen LogP contribution in [-0.2, 0) is 10.0 Å². The van der Waals surface area contributed by atoms with Gasteiger partial charge < -0.3 is 15.0 Å². The molecule has 2 atom stereocenters. The molecule has 7 nitrogen and oxygen atoms in total. The van der Waals surface area contributed by atoms with Gasteiger partial charge in [0.1, 0.15) is 10.6 Å². The van der Waals surface area contributed by atoms with Crippen LogP contribution in [0, 0.1) is 0 Å². The number of hydrogen-bond acceptors (Lipinski definition) is 5. The molecule has 3 fully saturated rings. The summed E-state index contributed by atoms with van der Waals surface area (Å²) < 4.78 is 32.9. The first-order valence-electron chi connectivity index (χ1n) is 9.74. The van der Waals surface area contributed by atoms with Crippen LogP contribution in [0.25, 0.3) is 0 Å². The van der Waals surface area contributed by atoms with Crippen molar-refractivity contribution in [2.24, 2.45) is 0 Å². The Morgan fingerprint density at radius 1 is 1.14 bits per heavy atom. The maximum absolute atomic E-state index is 13.3. The quantitative estimate of drug-likeness (QED) is 0.790. The molecule has 28 heavy (non-hydrogen) atoms. The van der Waals surface area contributed by atoms with Crippen molar-refractivity contribution < 1.29 is 17.9 Å². The van der Waals surface area contributed by atoms with Crippen LogP contribution in [-0.4, -0.2) is 68.9 Å². The lowest BCUT2D eigenvalue weighted by Gasteiger charge is -2.28. The van der Waals surface area contributed by atoms with E-state index >= 15 is 0 Å². The Morgan fingerprint density at radius 3 is 2.57 bits per heavy atom. The first-order chi connectivity index (χ1) is 13.0. The molecular weight excluding hydrogens is 402 g/mol. The third-order valence-electron chi connectivity index (χ3n) is 5.98. The zero-order chi connectivity index (χ0) is 19.0. The summed E-state index contributed by atoms with van der Waals surface area (Å²) in [5, 5.41) is 3.39. The van der Waals surface area contributed by atoms with Crippen molar-refractivity contribution in [3.8, 4) is 5.75 Å². The molecule has 0 aromatic heterocycles. The van der Waals surface area contributed by atoms with Crippen molar-refractivity contribution in [1.82, 2.24) is 14.5 Å². The minimum atomic E-state index is -3.66. The van der Waals surface area contributed by atoms with Gasteiger partial charge in [0.05, 0.1) is 7.11 Å². The van der Waals surface area contributed by atoms with Crippen LogP contribution in [0.1, 0.15) is 42.5 Å². The molecule has 156 valence electrons. The number of carbonyl (C=O) groups is 1. The summed E-state index contributed by atoms with van der Waals surface area (Å²) in [6.45, 7) is 2.76. The van der Waals surface area contributed by atoms with E-state index in [1.54, 1.807) is 12.1 Å². The molecule has 0 aliphatic carbocycles. The van der Waals surface area contributed by atoms with E-state index in [0.717, 1.165) is 45.2 Å². The fraction of sp³-hybridized carbons (Fsp3) is 0.632. The highest BCUT2D eigenvalue weighted by molar-refractivity contribution is 7.89. The van der Waals surface area contributed by atoms with E-state index < -0.39 is 10.0 Å². The Balaban J connectivity index is 0.00000225. The summed E-state index contributed by atoms with van der Waals surface area (Å²) in [6.07, 6.45) is 4.69. The fourth-order valence-corrected chi connectivity index (χ4v) is 6.24. The largest absolute Gasteiger partial charge is 0.495 e. The molecule has 9 heteroatoms. The van der Waals surface area contributed by atoms with Gasteiger partial charge in [0.15, 0.2) is 0 Å². The van der Waals surface area contributed by atoms with Crippen LogP contribution < -0.4 is 10.1 Å². The van der Waals surface area contributed by atoms with Gasteiger partial charge in [0.25, 0.3) is 5.91 Å². The highest BCUT2D eigenvalue weighted by Crippen LogP contribution is 2.33. The van der Waals surface area contributed by atoms with Crippen molar-refractivity contribution in [1.29, 1.82) is 0 Å². The molecule has 2 unspecified atom stereocenters. The average Bonchev–Trinajstić information content (AvgIpc) is 3.28. The molecule has 1 aromatic carbocycles. The predicted octanol–water partition coefficient (Wildman–Crippen LogP) is 1.87. The van der Waals surface area contributed by atoms with E-state index in [0.29, 0.717) is 24.4 Å². The number of ether oxygens (including phenoxy) is 1. The summed E-state index contributed by atoms with van der Waals surface area (Å²) in [5.41, 5.74) is 0.423. The van der Waals surface area contributed by atoms with Gasteiger partial charge in [-0.25, -0.2) is 8.42 Å². The van der Waals surface area contributed by atoms with E-state index in [-0.39, 0.29) is 35.3 Å². The topological polar surface area (TPSA) is 79.0 Å². The molecule has 3 saturated heterocycles. The number of rotatable bonds is 4. The molecule has 2 bridgehead atoms. The lowest BCUT2D eigenvalue weighted by molar-refractivity contribution is 0.0680. The molecule has 0 radical (unpaired) electrons. The smallest absolute Gasteiger partial charge is 0.254 e. The standard InChI is InChI=1S/C19H27N3O4S.ClH/c1-26-17-7-4-14(12-18(17)27(24,25)21-10-2-3-11-21)19(23)22-15-5-6-16(22)13-20-9-8-15;/h4,7,12,15-16,20H,2-3,5-6,8-11,13H2,1H3;1H. The van der Waals surface area contributed by atoms with Gasteiger partial charge in [0, 0.05) is 37.3 Å². The molecule has 1 amide bonds. The van der Waals surface area contributed by atoms with Crippen LogP contribution in [0.5, 0.6) is 5.75 Å². The monoisotopic (exact) mass is 429 g/mol. The van der Waals surface area contributed by atoms with E-state index in [1.165, 1.54) is 17.5 Å². The second-order valence-electron chi connectivity index (χ2n) is 7.57. The fourth-order valence-electron chi connectivity index (χ4n) is 4.54. The number of sulfonamides is 1. The van der Waals surface area contributed by atoms with Crippen molar-refractivity contribution in [3.63, 3.8) is 0 Å². The summed E-state index contributed by atoms with van der Waals surface area (Å²) in [6, 6.07) is 5.21. The number of nitrogens with zero attached hydrogens (tertiary/aromatic N) is 2. The number of nitrogens with one attached hydrogen (secondary N) is 1. The highest BCUT2D eigenvalue weighted by atomic mass is 35.5. The number of halogens is 1. The Bertz CT molecular complexity index is 812. The third kappa shape index (κ3) is 3.75. The number of fused-ring (bicyclic) bond motifs is 2. The number of amides is 1. The maximum Gasteiger partial charge on any atom is 0.254 e. The molecular formula is C19H28ClN3O4S. The van der Waals surface area contributed by atoms with Gasteiger partial charge in [-0.2, -0.15) is 4.31 Å². The normalized spacial score (nSPS) is 25.2. The highest BCUT2D eigenvalue weighted by Gasteiger charge is 2.39. The minimum absolute atomic E-state index is 0. The van der Waals surface area contributed by atoms with Crippen LogP contribution in [0.15, 0.2) is 23.1 Å². The Kier molecular flexibility index (Phi) is 6.54. The zero-order valence-electron chi connectivity index (χ0n) is 16.1. The Hall–Kier alpha value is -1.35. The van der Waals surface area contributed by atoms with E-state index in [1.807, 2.05) is 4.90 Å². The maximum atomic E-state index is 13.3. The minimum Gasteiger partial charge on any atom is -0.495 e. The van der Waals surface area contributed by atoms with Crippen LogP contribution >= 0.6 is 12.4 Å². The summed E-state index contributed by atoms with van der Waals surface area (Å²) in [7, 11) is -2.20. The molecule has 3 aliphatic heterocycles. The summed E-state index contributed by atoms with van der Waals surface area (Å²) >= 11 is 0. The lowest BCUT2D eigenvalue weighted by Crippen LogP contribution is -2.42. The number of methoxy groups -OCH3 is 1. The first kappa shape index (κ1) is 21.4. The Labute approximate surface area is 172 Å². The second-order valence-corrected chi connectivity index (χ2v) is 9.47. The predicted molar refractivity (Wildman–Crippen MR) is 109 cm³/mol. The van der Waals surface area contributed by atoms with Gasteiger partial charge in [-0.3, -0.25) is 4.79 Å². The number of benzene rings is 1. The van der Waals surface area contributed by atoms with Crippen molar-refractivity contribution in [3.05, 3.63) is 23.8 Å². The summed E-state index contributed by atoms with van der Waals surface area (Å²) in [4.78, 5) is 15.3. The van der Waals surface area contributed by atoms with Gasteiger partial charge in [-0.1, -0.05) is 0 Å². The van der Waals surface area contributed by atoms with Crippen LogP contribution in [0.4, 0.5) is 0 Å². The van der Waals surface area contributed by atoms with E-state index in [4.69, 9.17) is 4.74 Å². The summed E-state index contributed by atoms with van der Waals surface area (Å²) in [5.74, 6) is 0.214. The molecule has 3 heterocycles. The van der Waals surface area contributed by atoms with Gasteiger partial charge in [-0.05, 0) is 56.8 Å². The van der Waals surface area contributed by atoms with E-state index in [2.05, 4.69) is 5.32 Å². The molecule has 0 spiro atoms. The van der Waals surface area contributed by atoms with Crippen LogP contribution in [0.3, 0.4) is 0 Å². The third-order valence-corrected chi connectivity index (χ3v) is 7.90. The number of carbonyl (C=O) groups excluding carboxylic acids is 1. The van der Waals surface area contributed by atoms with Crippen molar-refractivity contribution >= 4 is 28.3 Å². The molecule has 1 N–H and O–H groups in total. The average molecular weight is 430 g/mol. The van der Waals surface area contributed by atoms with Crippen molar-refractivity contribution in [2.45, 2.75) is 49.1 Å². The van der Waals surface area contributed by atoms with Crippen LogP contribution in [0.2, 0.25) is 0 Å². The molecule has 4 rings (SSSR count). The number of hydrogen-bond donors (Lipinski definition) is 1. The van der Waals surface area contributed by atoms with Gasteiger partial charge in [0.2, 0.25) is 10.0 Å². The lowest BCUT2D eigenvalue weighted by atomic mass is 10.1.